The van der Waals surface area contributed by atoms with Crippen molar-refractivity contribution in [3.63, 3.8) is 0 Å². The third-order valence-electron chi connectivity index (χ3n) is 2.91. The van der Waals surface area contributed by atoms with Crippen LogP contribution < -0.4 is 15.5 Å². The van der Waals surface area contributed by atoms with Crippen LogP contribution in [0, 0.1) is 0 Å². The smallest absolute Gasteiger partial charge is 0.268 e. The first-order valence-electron chi connectivity index (χ1n) is 5.69. The Labute approximate surface area is 109 Å². The quantitative estimate of drug-likeness (QED) is 0.764. The Bertz CT molecular complexity index is 649. The number of carbonyl (C=O) groups is 1. The molecule has 1 saturated heterocycles. The van der Waals surface area contributed by atoms with E-state index >= 15 is 0 Å². The van der Waals surface area contributed by atoms with Crippen LogP contribution in [0.2, 0.25) is 0 Å². The fraction of sp³-hybridized carbons (Fsp3) is 0.455. The molecular formula is C11H14N2O5S. The number of H-pyrrole nitrogens is 1. The number of aromatic nitrogens is 1. The van der Waals surface area contributed by atoms with Crippen molar-refractivity contribution >= 4 is 15.7 Å². The van der Waals surface area contributed by atoms with Crippen molar-refractivity contribution < 1.29 is 17.9 Å². The molecule has 2 N–H and O–H groups in total. The van der Waals surface area contributed by atoms with E-state index in [2.05, 4.69) is 10.3 Å². The van der Waals surface area contributed by atoms with E-state index in [-0.39, 0.29) is 22.9 Å². The minimum atomic E-state index is -3.05. The van der Waals surface area contributed by atoms with Crippen molar-refractivity contribution in [1.29, 1.82) is 0 Å². The number of rotatable bonds is 3. The molecule has 1 aliphatic heterocycles. The molecule has 104 valence electrons. The zero-order chi connectivity index (χ0) is 14.0. The number of pyridine rings is 1. The molecule has 1 aliphatic rings. The van der Waals surface area contributed by atoms with Crippen molar-refractivity contribution in [2.75, 3.05) is 18.6 Å². The predicted octanol–water partition coefficient (Wildman–Crippen LogP) is -0.700. The standard InChI is InChI=1S/C11H14N2O5S/c1-18-10-5-12-8(4-9(10)14)11(15)13-7-2-3-19(16,17)6-7/h4-5,7H,2-3,6H2,1H3,(H,12,14)(H,13,15)/t7-/m0/s1. The van der Waals surface area contributed by atoms with Gasteiger partial charge in [0.25, 0.3) is 5.91 Å². The van der Waals surface area contributed by atoms with Crippen molar-refractivity contribution in [2.24, 2.45) is 0 Å². The molecule has 1 atom stereocenters. The molecule has 0 aromatic carbocycles. The molecule has 19 heavy (non-hydrogen) atoms. The lowest BCUT2D eigenvalue weighted by atomic mass is 10.2. The third-order valence-corrected chi connectivity index (χ3v) is 4.68. The van der Waals surface area contributed by atoms with Gasteiger partial charge in [0.1, 0.15) is 5.69 Å². The van der Waals surface area contributed by atoms with Gasteiger partial charge in [-0.05, 0) is 6.42 Å². The van der Waals surface area contributed by atoms with Crippen LogP contribution in [0.15, 0.2) is 17.1 Å². The van der Waals surface area contributed by atoms with Crippen LogP contribution in [0.1, 0.15) is 16.9 Å². The predicted molar refractivity (Wildman–Crippen MR) is 68.1 cm³/mol. The van der Waals surface area contributed by atoms with Gasteiger partial charge in [0, 0.05) is 18.3 Å². The molecule has 0 saturated carbocycles. The Morgan fingerprint density at radius 2 is 2.26 bits per heavy atom. The van der Waals surface area contributed by atoms with Gasteiger partial charge in [-0.15, -0.1) is 0 Å². The highest BCUT2D eigenvalue weighted by Crippen LogP contribution is 2.11. The summed E-state index contributed by atoms with van der Waals surface area (Å²) in [6.45, 7) is 0. The molecule has 1 aromatic rings. The highest BCUT2D eigenvalue weighted by molar-refractivity contribution is 7.91. The molecule has 2 heterocycles. The van der Waals surface area contributed by atoms with Gasteiger partial charge in [-0.1, -0.05) is 0 Å². The first-order valence-corrected chi connectivity index (χ1v) is 7.51. The zero-order valence-corrected chi connectivity index (χ0v) is 11.1. The second-order valence-corrected chi connectivity index (χ2v) is 6.58. The topological polar surface area (TPSA) is 105 Å². The van der Waals surface area contributed by atoms with Crippen LogP contribution in [-0.4, -0.2) is 44.0 Å². The van der Waals surface area contributed by atoms with Crippen molar-refractivity contribution in [3.8, 4) is 5.75 Å². The van der Waals surface area contributed by atoms with Gasteiger partial charge in [-0.2, -0.15) is 0 Å². The molecule has 1 aromatic heterocycles. The van der Waals surface area contributed by atoms with E-state index in [0.717, 1.165) is 6.07 Å². The van der Waals surface area contributed by atoms with Gasteiger partial charge >= 0.3 is 0 Å². The van der Waals surface area contributed by atoms with E-state index in [4.69, 9.17) is 4.74 Å². The van der Waals surface area contributed by atoms with Gasteiger partial charge in [0.2, 0.25) is 5.43 Å². The molecule has 0 aliphatic carbocycles. The highest BCUT2D eigenvalue weighted by atomic mass is 32.2. The second-order valence-electron chi connectivity index (χ2n) is 4.35. The summed E-state index contributed by atoms with van der Waals surface area (Å²) in [6.07, 6.45) is 1.69. The van der Waals surface area contributed by atoms with Crippen LogP contribution in [0.5, 0.6) is 5.75 Å². The van der Waals surface area contributed by atoms with Gasteiger partial charge < -0.3 is 15.0 Å². The number of sulfone groups is 1. The number of aromatic amines is 1. The first kappa shape index (κ1) is 13.6. The second kappa shape index (κ2) is 5.04. The number of hydrogen-bond acceptors (Lipinski definition) is 5. The fourth-order valence-corrected chi connectivity index (χ4v) is 3.59. The van der Waals surface area contributed by atoms with E-state index in [1.165, 1.54) is 13.3 Å². The van der Waals surface area contributed by atoms with Gasteiger partial charge in [-0.25, -0.2) is 8.42 Å². The molecule has 8 heteroatoms. The Balaban J connectivity index is 2.09. The van der Waals surface area contributed by atoms with E-state index in [0.29, 0.717) is 6.42 Å². The maximum atomic E-state index is 11.8. The highest BCUT2D eigenvalue weighted by Gasteiger charge is 2.29. The normalized spacial score (nSPS) is 21.0. The van der Waals surface area contributed by atoms with E-state index < -0.39 is 27.2 Å². The molecule has 1 fully saturated rings. The number of nitrogens with one attached hydrogen (secondary N) is 2. The Hall–Kier alpha value is -1.83. The molecule has 2 rings (SSSR count). The lowest BCUT2D eigenvalue weighted by molar-refractivity contribution is 0.0936. The number of hydrogen-bond donors (Lipinski definition) is 2. The van der Waals surface area contributed by atoms with Crippen LogP contribution in [0.3, 0.4) is 0 Å². The lowest BCUT2D eigenvalue weighted by Crippen LogP contribution is -2.36. The number of amides is 1. The molecule has 7 nitrogen and oxygen atoms in total. The Morgan fingerprint density at radius 3 is 2.79 bits per heavy atom. The minimum absolute atomic E-state index is 0.0564. The zero-order valence-electron chi connectivity index (χ0n) is 10.3. The molecule has 0 bridgehead atoms. The monoisotopic (exact) mass is 286 g/mol. The fourth-order valence-electron chi connectivity index (χ4n) is 1.92. The number of methoxy groups -OCH3 is 1. The number of ether oxygens (including phenoxy) is 1. The summed E-state index contributed by atoms with van der Waals surface area (Å²) in [7, 11) is -1.69. The van der Waals surface area contributed by atoms with E-state index in [9.17, 15) is 18.0 Å². The van der Waals surface area contributed by atoms with Crippen LogP contribution in [0.4, 0.5) is 0 Å². The van der Waals surface area contributed by atoms with Crippen molar-refractivity contribution in [2.45, 2.75) is 12.5 Å². The molecular weight excluding hydrogens is 272 g/mol. The lowest BCUT2D eigenvalue weighted by Gasteiger charge is -2.10. The maximum Gasteiger partial charge on any atom is 0.268 e. The van der Waals surface area contributed by atoms with Gasteiger partial charge in [-0.3, -0.25) is 9.59 Å². The summed E-state index contributed by atoms with van der Waals surface area (Å²) in [5.41, 5.74) is -0.333. The minimum Gasteiger partial charge on any atom is -0.491 e. The average molecular weight is 286 g/mol. The summed E-state index contributed by atoms with van der Waals surface area (Å²) < 4.78 is 27.3. The van der Waals surface area contributed by atoms with Crippen molar-refractivity contribution in [3.05, 3.63) is 28.2 Å². The SMILES string of the molecule is COc1c[nH]c(C(=O)N[C@H]2CCS(=O)(=O)C2)cc1=O. The summed E-state index contributed by atoms with van der Waals surface area (Å²) >= 11 is 0. The van der Waals surface area contributed by atoms with Gasteiger partial charge in [0.05, 0.1) is 18.6 Å². The average Bonchev–Trinajstić information content (AvgIpc) is 2.68. The Morgan fingerprint density at radius 1 is 1.53 bits per heavy atom. The van der Waals surface area contributed by atoms with Gasteiger partial charge in [0.15, 0.2) is 15.6 Å². The number of carbonyl (C=O) groups excluding carboxylic acids is 1. The maximum absolute atomic E-state index is 11.8. The largest absolute Gasteiger partial charge is 0.491 e. The van der Waals surface area contributed by atoms with E-state index in [1.54, 1.807) is 0 Å². The summed E-state index contributed by atoms with van der Waals surface area (Å²) in [5.74, 6) is -0.363. The molecule has 1 amide bonds. The molecule has 0 radical (unpaired) electrons. The third kappa shape index (κ3) is 3.14. The summed E-state index contributed by atoms with van der Waals surface area (Å²) in [6, 6.07) is 0.723. The van der Waals surface area contributed by atoms with Crippen molar-refractivity contribution in [1.82, 2.24) is 10.3 Å². The summed E-state index contributed by atoms with van der Waals surface area (Å²) in [4.78, 5) is 26.0. The van der Waals surface area contributed by atoms with E-state index in [1.807, 2.05) is 0 Å². The van der Waals surface area contributed by atoms with Crippen LogP contribution in [-0.2, 0) is 9.84 Å². The molecule has 0 unspecified atom stereocenters. The molecule has 0 spiro atoms. The van der Waals surface area contributed by atoms with Crippen LogP contribution in [0.25, 0.3) is 0 Å². The first-order chi connectivity index (χ1) is 8.91. The Kier molecular flexibility index (Phi) is 3.61. The summed E-state index contributed by atoms with van der Waals surface area (Å²) in [5, 5.41) is 2.59. The van der Waals surface area contributed by atoms with Crippen LogP contribution >= 0.6 is 0 Å².